The minimum absolute atomic E-state index is 0.0359. The van der Waals surface area contributed by atoms with Crippen LogP contribution in [0.5, 0.6) is 0 Å². The van der Waals surface area contributed by atoms with Gasteiger partial charge in [-0.2, -0.15) is 0 Å². The lowest BCUT2D eigenvalue weighted by molar-refractivity contribution is -0.377. The van der Waals surface area contributed by atoms with E-state index in [1.54, 1.807) is 0 Å². The Hall–Kier alpha value is -0.120. The summed E-state index contributed by atoms with van der Waals surface area (Å²) in [4.78, 5) is 0. The van der Waals surface area contributed by atoms with Gasteiger partial charge in [-0.05, 0) is 12.8 Å². The average Bonchev–Trinajstić information content (AvgIpc) is 1.82. The highest BCUT2D eigenvalue weighted by Crippen LogP contribution is 2.33. The predicted molar refractivity (Wildman–Crippen MR) is 29.9 cm³/mol. The van der Waals surface area contributed by atoms with Crippen LogP contribution in [-0.4, -0.2) is 30.2 Å². The molecule has 0 amide bonds. The average molecular weight is 130 g/mol. The molecule has 0 aromatic rings. The molecule has 0 aliphatic carbocycles. The van der Waals surface area contributed by atoms with Crippen LogP contribution in [0.1, 0.15) is 12.8 Å². The quantitative estimate of drug-likeness (QED) is 0.497. The summed E-state index contributed by atoms with van der Waals surface area (Å²) in [6, 6.07) is 0. The van der Waals surface area contributed by atoms with Crippen molar-refractivity contribution in [2.24, 2.45) is 0 Å². The van der Waals surface area contributed by atoms with Crippen LogP contribution in [0.25, 0.3) is 0 Å². The van der Waals surface area contributed by atoms with E-state index in [4.69, 9.17) is 9.47 Å². The maximum absolute atomic E-state index is 9.38. The van der Waals surface area contributed by atoms with Gasteiger partial charge < -0.3 is 14.6 Å². The van der Waals surface area contributed by atoms with Crippen LogP contribution in [0.4, 0.5) is 0 Å². The third kappa shape index (κ3) is 0.689. The van der Waals surface area contributed by atoms with Gasteiger partial charge in [0.15, 0.2) is 0 Å². The molecule has 2 rings (SSSR count). The zero-order chi connectivity index (χ0) is 6.32. The minimum atomic E-state index is -0.905. The van der Waals surface area contributed by atoms with Gasteiger partial charge in [0.25, 0.3) is 0 Å². The van der Waals surface area contributed by atoms with Crippen molar-refractivity contribution in [1.82, 2.24) is 0 Å². The Balaban J connectivity index is 2.05. The molecule has 0 bridgehead atoms. The SMILES string of the molecule is OC12CO[C@H]1CCCO2. The fraction of sp³-hybridized carbons (Fsp3) is 1.00. The molecule has 52 valence electrons. The Bertz CT molecular complexity index is 125. The topological polar surface area (TPSA) is 38.7 Å². The van der Waals surface area contributed by atoms with Crippen LogP contribution in [0, 0.1) is 0 Å². The highest BCUT2D eigenvalue weighted by Gasteiger charge is 2.49. The summed E-state index contributed by atoms with van der Waals surface area (Å²) in [6.07, 6.45) is 1.91. The predicted octanol–water partition coefficient (Wildman–Crippen LogP) is -0.116. The third-order valence-electron chi connectivity index (χ3n) is 1.96. The highest BCUT2D eigenvalue weighted by molar-refractivity contribution is 4.89. The number of rotatable bonds is 0. The largest absolute Gasteiger partial charge is 0.367 e. The summed E-state index contributed by atoms with van der Waals surface area (Å²) in [6.45, 7) is 1.04. The van der Waals surface area contributed by atoms with E-state index < -0.39 is 5.79 Å². The molecule has 2 saturated heterocycles. The van der Waals surface area contributed by atoms with Gasteiger partial charge in [0.2, 0.25) is 5.79 Å². The lowest BCUT2D eigenvalue weighted by Crippen LogP contribution is -2.62. The van der Waals surface area contributed by atoms with E-state index in [0.717, 1.165) is 12.8 Å². The molecule has 2 aliphatic rings. The van der Waals surface area contributed by atoms with Crippen molar-refractivity contribution in [3.8, 4) is 0 Å². The monoisotopic (exact) mass is 130 g/mol. The zero-order valence-electron chi connectivity index (χ0n) is 5.17. The molecule has 1 unspecified atom stereocenters. The maximum atomic E-state index is 9.38. The molecule has 0 spiro atoms. The molecule has 2 fully saturated rings. The second kappa shape index (κ2) is 1.68. The summed E-state index contributed by atoms with van der Waals surface area (Å²) < 4.78 is 10.2. The van der Waals surface area contributed by atoms with E-state index in [0.29, 0.717) is 13.2 Å². The van der Waals surface area contributed by atoms with Gasteiger partial charge >= 0.3 is 0 Å². The van der Waals surface area contributed by atoms with Crippen molar-refractivity contribution in [3.63, 3.8) is 0 Å². The number of ether oxygens (including phenoxy) is 2. The van der Waals surface area contributed by atoms with Gasteiger partial charge in [-0.25, -0.2) is 0 Å². The normalized spacial score (nSPS) is 49.7. The molecular formula is C6H10O3. The first-order valence-electron chi connectivity index (χ1n) is 3.29. The molecule has 0 saturated carbocycles. The highest BCUT2D eigenvalue weighted by atomic mass is 16.7. The summed E-state index contributed by atoms with van der Waals surface area (Å²) in [5.41, 5.74) is 0. The second-order valence-corrected chi connectivity index (χ2v) is 2.64. The molecule has 3 nitrogen and oxygen atoms in total. The number of aliphatic hydroxyl groups is 1. The lowest BCUT2D eigenvalue weighted by atomic mass is 9.98. The fourth-order valence-corrected chi connectivity index (χ4v) is 1.30. The van der Waals surface area contributed by atoms with Gasteiger partial charge in [0.05, 0.1) is 6.61 Å². The zero-order valence-corrected chi connectivity index (χ0v) is 5.17. The van der Waals surface area contributed by atoms with Crippen molar-refractivity contribution >= 4 is 0 Å². The van der Waals surface area contributed by atoms with E-state index in [-0.39, 0.29) is 6.10 Å². The Kier molecular flexibility index (Phi) is 1.06. The summed E-state index contributed by atoms with van der Waals surface area (Å²) in [5, 5.41) is 9.38. The first-order chi connectivity index (χ1) is 4.31. The smallest absolute Gasteiger partial charge is 0.216 e. The molecule has 1 N–H and O–H groups in total. The number of fused-ring (bicyclic) bond motifs is 1. The molecule has 2 aliphatic heterocycles. The van der Waals surface area contributed by atoms with E-state index >= 15 is 0 Å². The van der Waals surface area contributed by atoms with Crippen molar-refractivity contribution in [3.05, 3.63) is 0 Å². The van der Waals surface area contributed by atoms with E-state index in [9.17, 15) is 5.11 Å². The summed E-state index contributed by atoms with van der Waals surface area (Å²) >= 11 is 0. The molecule has 9 heavy (non-hydrogen) atoms. The number of hydrogen-bond acceptors (Lipinski definition) is 3. The van der Waals surface area contributed by atoms with E-state index in [2.05, 4.69) is 0 Å². The van der Waals surface area contributed by atoms with Gasteiger partial charge in [-0.15, -0.1) is 0 Å². The van der Waals surface area contributed by atoms with E-state index in [1.165, 1.54) is 0 Å². The molecule has 0 aromatic carbocycles. The lowest BCUT2D eigenvalue weighted by Gasteiger charge is -2.47. The maximum Gasteiger partial charge on any atom is 0.216 e. The molecule has 2 atom stereocenters. The molecular weight excluding hydrogens is 120 g/mol. The minimum Gasteiger partial charge on any atom is -0.367 e. The molecule has 0 radical (unpaired) electrons. The van der Waals surface area contributed by atoms with Crippen molar-refractivity contribution in [2.45, 2.75) is 24.7 Å². The molecule has 2 heterocycles. The van der Waals surface area contributed by atoms with Gasteiger partial charge in [0, 0.05) is 0 Å². The summed E-state index contributed by atoms with van der Waals surface area (Å²) in [7, 11) is 0. The van der Waals surface area contributed by atoms with Gasteiger partial charge in [-0.1, -0.05) is 0 Å². The Morgan fingerprint density at radius 1 is 1.56 bits per heavy atom. The Morgan fingerprint density at radius 2 is 2.44 bits per heavy atom. The first kappa shape index (κ1) is 5.65. The fourth-order valence-electron chi connectivity index (χ4n) is 1.30. The first-order valence-corrected chi connectivity index (χ1v) is 3.29. The van der Waals surface area contributed by atoms with Crippen LogP contribution < -0.4 is 0 Å². The van der Waals surface area contributed by atoms with Crippen LogP contribution in [-0.2, 0) is 9.47 Å². The van der Waals surface area contributed by atoms with Crippen LogP contribution in [0.15, 0.2) is 0 Å². The second-order valence-electron chi connectivity index (χ2n) is 2.64. The van der Waals surface area contributed by atoms with Crippen LogP contribution >= 0.6 is 0 Å². The van der Waals surface area contributed by atoms with Crippen LogP contribution in [0.3, 0.4) is 0 Å². The van der Waals surface area contributed by atoms with Gasteiger partial charge in [0.1, 0.15) is 12.7 Å². The standard InChI is InChI=1S/C6H10O3/c7-6-4-8-5(6)2-1-3-9-6/h5,7H,1-4H2/t5-,6?/m0/s1. The molecule has 3 heteroatoms. The molecule has 0 aromatic heterocycles. The van der Waals surface area contributed by atoms with Crippen LogP contribution in [0.2, 0.25) is 0 Å². The third-order valence-corrected chi connectivity index (χ3v) is 1.96. The number of hydrogen-bond donors (Lipinski definition) is 1. The van der Waals surface area contributed by atoms with Crippen molar-refractivity contribution in [1.29, 1.82) is 0 Å². The van der Waals surface area contributed by atoms with Crippen molar-refractivity contribution in [2.75, 3.05) is 13.2 Å². The Labute approximate surface area is 53.6 Å². The summed E-state index contributed by atoms with van der Waals surface area (Å²) in [5.74, 6) is -0.905. The Morgan fingerprint density at radius 3 is 2.78 bits per heavy atom. The van der Waals surface area contributed by atoms with Gasteiger partial charge in [-0.3, -0.25) is 0 Å². The van der Waals surface area contributed by atoms with E-state index in [1.807, 2.05) is 0 Å². The van der Waals surface area contributed by atoms with Crippen molar-refractivity contribution < 1.29 is 14.6 Å².